The van der Waals surface area contributed by atoms with Crippen LogP contribution in [0.3, 0.4) is 0 Å². The molecule has 0 N–H and O–H groups in total. The Morgan fingerprint density at radius 1 is 1.47 bits per heavy atom. The summed E-state index contributed by atoms with van der Waals surface area (Å²) in [6.45, 7) is 1.22. The predicted octanol–water partition coefficient (Wildman–Crippen LogP) is 0.348. The van der Waals surface area contributed by atoms with Gasteiger partial charge < -0.3 is 9.64 Å². The molecular weight excluding hydrogens is 192 g/mol. The van der Waals surface area contributed by atoms with Crippen LogP contribution in [0.25, 0.3) is 0 Å². The zero-order valence-electron chi connectivity index (χ0n) is 8.84. The van der Waals surface area contributed by atoms with Crippen molar-refractivity contribution >= 4 is 11.7 Å². The molecule has 0 unspecified atom stereocenters. The van der Waals surface area contributed by atoms with E-state index in [2.05, 4.69) is 20.4 Å². The Hall–Kier alpha value is -1.62. The van der Waals surface area contributed by atoms with Crippen LogP contribution in [0.15, 0.2) is 34.1 Å². The molecule has 0 aliphatic carbocycles. The van der Waals surface area contributed by atoms with Crippen molar-refractivity contribution in [3.8, 4) is 0 Å². The zero-order chi connectivity index (χ0) is 10.7. The van der Waals surface area contributed by atoms with E-state index in [1.807, 2.05) is 25.4 Å². The number of methoxy groups -OCH3 is 1. The van der Waals surface area contributed by atoms with Gasteiger partial charge in [0.05, 0.1) is 0 Å². The lowest BCUT2D eigenvalue weighted by atomic mass is 10.1. The molecule has 0 aromatic heterocycles. The Balaban J connectivity index is 1.98. The second kappa shape index (κ2) is 4.27. The van der Waals surface area contributed by atoms with E-state index in [4.69, 9.17) is 4.74 Å². The van der Waals surface area contributed by atoms with Gasteiger partial charge in [-0.3, -0.25) is 0 Å². The Kier molecular flexibility index (Phi) is 2.82. The van der Waals surface area contributed by atoms with Crippen LogP contribution >= 0.6 is 0 Å². The summed E-state index contributed by atoms with van der Waals surface area (Å²) in [5.41, 5.74) is 1.08. The molecule has 2 rings (SSSR count). The second-order valence-electron chi connectivity index (χ2n) is 3.43. The number of likely N-dealkylation sites (N-methyl/N-ethyl adjacent to an activating group) is 1. The van der Waals surface area contributed by atoms with Gasteiger partial charge in [0, 0.05) is 26.3 Å². The van der Waals surface area contributed by atoms with Gasteiger partial charge in [0.2, 0.25) is 0 Å². The van der Waals surface area contributed by atoms with Crippen LogP contribution in [0.1, 0.15) is 0 Å². The molecule has 0 aromatic rings. The van der Waals surface area contributed by atoms with E-state index in [9.17, 15) is 0 Å². The molecule has 2 aliphatic heterocycles. The highest BCUT2D eigenvalue weighted by Gasteiger charge is 2.18. The fraction of sp³-hybridized carbons (Fsp3) is 0.400. The normalized spacial score (nSPS) is 19.6. The van der Waals surface area contributed by atoms with E-state index in [-0.39, 0.29) is 0 Å². The first-order chi connectivity index (χ1) is 7.29. The smallest absolute Gasteiger partial charge is 0.181 e. The van der Waals surface area contributed by atoms with Crippen LogP contribution < -0.4 is 5.32 Å². The molecule has 0 saturated carbocycles. The molecule has 0 atom stereocenters. The first-order valence-electron chi connectivity index (χ1n) is 4.73. The Labute approximate surface area is 88.8 Å². The summed E-state index contributed by atoms with van der Waals surface area (Å²) in [5.74, 6) is 1.32. The van der Waals surface area contributed by atoms with Gasteiger partial charge in [0.15, 0.2) is 11.7 Å². The Bertz CT molecular complexity index is 368. The minimum Gasteiger partial charge on any atom is -0.377 e. The highest BCUT2D eigenvalue weighted by atomic mass is 16.5. The van der Waals surface area contributed by atoms with E-state index >= 15 is 0 Å². The van der Waals surface area contributed by atoms with Crippen molar-refractivity contribution < 1.29 is 4.74 Å². The largest absolute Gasteiger partial charge is 0.377 e. The minimum absolute atomic E-state index is 0.409. The molecular formula is C10H13N4O. The first-order valence-corrected chi connectivity index (χ1v) is 4.73. The highest BCUT2D eigenvalue weighted by Crippen LogP contribution is 2.10. The Morgan fingerprint density at radius 3 is 3.07 bits per heavy atom. The number of hydrogen-bond donors (Lipinski definition) is 0. The summed E-state index contributed by atoms with van der Waals surface area (Å²) in [5, 5.41) is 12.2. The van der Waals surface area contributed by atoms with Crippen molar-refractivity contribution in [2.75, 3.05) is 27.3 Å². The fourth-order valence-corrected chi connectivity index (χ4v) is 1.42. The third-order valence-corrected chi connectivity index (χ3v) is 2.11. The Morgan fingerprint density at radius 2 is 2.33 bits per heavy atom. The number of nitrogens with zero attached hydrogens (tertiary/aromatic N) is 4. The maximum atomic E-state index is 4.94. The maximum Gasteiger partial charge on any atom is 0.181 e. The van der Waals surface area contributed by atoms with Gasteiger partial charge >= 0.3 is 0 Å². The molecule has 2 aliphatic rings. The number of amidine groups is 2. The van der Waals surface area contributed by atoms with E-state index in [1.165, 1.54) is 0 Å². The van der Waals surface area contributed by atoms with Gasteiger partial charge in [-0.15, -0.1) is 10.2 Å². The van der Waals surface area contributed by atoms with Gasteiger partial charge in [0.1, 0.15) is 6.61 Å². The molecule has 0 saturated heterocycles. The lowest BCUT2D eigenvalue weighted by molar-refractivity contribution is 0.243. The van der Waals surface area contributed by atoms with E-state index in [0.29, 0.717) is 18.3 Å². The monoisotopic (exact) mass is 205 g/mol. The maximum absolute atomic E-state index is 4.94. The number of hydrogen-bond acceptors (Lipinski definition) is 4. The topological polar surface area (TPSA) is 51.3 Å². The quantitative estimate of drug-likeness (QED) is 0.667. The van der Waals surface area contributed by atoms with E-state index < -0.39 is 0 Å². The third kappa shape index (κ3) is 2.24. The average Bonchev–Trinajstić information content (AvgIpc) is 2.67. The van der Waals surface area contributed by atoms with Crippen LogP contribution in [0.2, 0.25) is 0 Å². The van der Waals surface area contributed by atoms with Crippen molar-refractivity contribution in [2.24, 2.45) is 10.2 Å². The van der Waals surface area contributed by atoms with Crippen molar-refractivity contribution in [1.29, 1.82) is 0 Å². The van der Waals surface area contributed by atoms with E-state index in [0.717, 1.165) is 12.1 Å². The molecule has 0 aromatic carbocycles. The zero-order valence-corrected chi connectivity index (χ0v) is 8.84. The first kappa shape index (κ1) is 9.92. The lowest BCUT2D eigenvalue weighted by Crippen LogP contribution is -2.28. The summed E-state index contributed by atoms with van der Waals surface area (Å²) in [4.78, 5) is 2.07. The summed E-state index contributed by atoms with van der Waals surface area (Å²) in [6.07, 6.45) is 5.99. The van der Waals surface area contributed by atoms with Gasteiger partial charge in [-0.05, 0) is 12.3 Å². The molecule has 1 radical (unpaired) electrons. The standard InChI is InChI=1S/C10H13N4O/c1-14-5-3-4-8(6-14)10-11-9(7-15-2)12-13-10/h3-5H,6-7H2,1-2H3. The van der Waals surface area contributed by atoms with Crippen LogP contribution in [0, 0.1) is 0 Å². The van der Waals surface area contributed by atoms with Gasteiger partial charge in [-0.2, -0.15) is 0 Å². The summed E-state index contributed by atoms with van der Waals surface area (Å²) < 4.78 is 4.94. The van der Waals surface area contributed by atoms with Gasteiger partial charge in [0.25, 0.3) is 0 Å². The molecule has 15 heavy (non-hydrogen) atoms. The number of allylic oxidation sites excluding steroid dienone is 2. The predicted molar refractivity (Wildman–Crippen MR) is 58.7 cm³/mol. The molecule has 0 amide bonds. The van der Waals surface area contributed by atoms with Crippen LogP contribution in [-0.2, 0) is 4.74 Å². The van der Waals surface area contributed by atoms with Crippen LogP contribution in [0.5, 0.6) is 0 Å². The number of ether oxygens (including phenoxy) is 1. The fourth-order valence-electron chi connectivity index (χ4n) is 1.42. The summed E-state index contributed by atoms with van der Waals surface area (Å²) >= 11 is 0. The summed E-state index contributed by atoms with van der Waals surface area (Å²) in [7, 11) is 3.63. The minimum atomic E-state index is 0.409. The van der Waals surface area contributed by atoms with E-state index in [1.54, 1.807) is 7.11 Å². The lowest BCUT2D eigenvalue weighted by Gasteiger charge is -2.18. The SMILES string of the molecule is COCC1=NN=C(C2=CC=CN(C)C2)[N]1. The molecule has 0 spiro atoms. The van der Waals surface area contributed by atoms with Crippen LogP contribution in [-0.4, -0.2) is 43.9 Å². The van der Waals surface area contributed by atoms with Gasteiger partial charge in [-0.1, -0.05) is 6.08 Å². The third-order valence-electron chi connectivity index (χ3n) is 2.11. The van der Waals surface area contributed by atoms with Gasteiger partial charge in [-0.25, -0.2) is 5.32 Å². The van der Waals surface area contributed by atoms with Crippen LogP contribution in [0.4, 0.5) is 0 Å². The molecule has 5 nitrogen and oxygen atoms in total. The number of rotatable bonds is 3. The van der Waals surface area contributed by atoms with Crippen molar-refractivity contribution in [3.63, 3.8) is 0 Å². The van der Waals surface area contributed by atoms with Crippen molar-refractivity contribution in [2.45, 2.75) is 0 Å². The molecule has 0 fully saturated rings. The highest BCUT2D eigenvalue weighted by molar-refractivity contribution is 6.12. The molecule has 0 bridgehead atoms. The molecule has 2 heterocycles. The molecule has 5 heteroatoms. The van der Waals surface area contributed by atoms with Crippen molar-refractivity contribution in [1.82, 2.24) is 10.2 Å². The summed E-state index contributed by atoms with van der Waals surface area (Å²) in [6, 6.07) is 0. The second-order valence-corrected chi connectivity index (χ2v) is 3.43. The molecule has 79 valence electrons. The van der Waals surface area contributed by atoms with Crippen molar-refractivity contribution in [3.05, 3.63) is 23.9 Å². The average molecular weight is 205 g/mol.